The number of nitrogens with zero attached hydrogens (tertiary/aromatic N) is 2. The van der Waals surface area contributed by atoms with E-state index in [2.05, 4.69) is 22.1 Å². The van der Waals surface area contributed by atoms with Crippen molar-refractivity contribution in [1.82, 2.24) is 9.97 Å². The van der Waals surface area contributed by atoms with Gasteiger partial charge in [-0.15, -0.1) is 0 Å². The number of benzene rings is 2. The second-order valence-electron chi connectivity index (χ2n) is 7.03. The molecule has 5 nitrogen and oxygen atoms in total. The number of carbonyl (C=O) groups is 1. The Morgan fingerprint density at radius 2 is 1.72 bits per heavy atom. The van der Waals surface area contributed by atoms with E-state index in [0.717, 1.165) is 22.3 Å². The van der Waals surface area contributed by atoms with Crippen molar-refractivity contribution < 1.29 is 9.53 Å². The van der Waals surface area contributed by atoms with Crippen LogP contribution in [0.15, 0.2) is 91.3 Å². The summed E-state index contributed by atoms with van der Waals surface area (Å²) in [6.07, 6.45) is 3.45. The van der Waals surface area contributed by atoms with Gasteiger partial charge in [-0.1, -0.05) is 54.3 Å². The maximum absolute atomic E-state index is 12.2. The topological polar surface area (TPSA) is 64.1 Å². The highest BCUT2D eigenvalue weighted by Crippen LogP contribution is 2.23. The van der Waals surface area contributed by atoms with E-state index >= 15 is 0 Å². The van der Waals surface area contributed by atoms with Crippen molar-refractivity contribution in [3.63, 3.8) is 0 Å². The fraction of sp³-hybridized carbons (Fsp3) is 0.0741. The molecule has 0 saturated carbocycles. The molecule has 5 heteroatoms. The van der Waals surface area contributed by atoms with Crippen LogP contribution in [0.3, 0.4) is 0 Å². The van der Waals surface area contributed by atoms with E-state index < -0.39 is 5.97 Å². The first-order valence-electron chi connectivity index (χ1n) is 10.1. The predicted octanol–water partition coefficient (Wildman–Crippen LogP) is 4.94. The third-order valence-corrected chi connectivity index (χ3v) is 4.76. The van der Waals surface area contributed by atoms with E-state index in [1.54, 1.807) is 24.5 Å². The normalized spacial score (nSPS) is 10.0. The zero-order valence-electron chi connectivity index (χ0n) is 17.6. The number of hydrogen-bond acceptors (Lipinski definition) is 5. The van der Waals surface area contributed by atoms with E-state index in [1.165, 1.54) is 7.11 Å². The molecule has 0 unspecified atom stereocenters. The average Bonchev–Trinajstić information content (AvgIpc) is 2.87. The summed E-state index contributed by atoms with van der Waals surface area (Å²) >= 11 is 0. The molecular formula is C27H21N3O2. The van der Waals surface area contributed by atoms with E-state index in [4.69, 9.17) is 9.72 Å². The molecular weight excluding hydrogens is 398 g/mol. The van der Waals surface area contributed by atoms with Crippen LogP contribution in [-0.2, 0) is 11.3 Å². The van der Waals surface area contributed by atoms with Gasteiger partial charge in [-0.3, -0.25) is 4.98 Å². The monoisotopic (exact) mass is 419 g/mol. The molecule has 32 heavy (non-hydrogen) atoms. The number of pyridine rings is 2. The Hall–Kier alpha value is -4.43. The van der Waals surface area contributed by atoms with Gasteiger partial charge in [0.25, 0.3) is 0 Å². The summed E-state index contributed by atoms with van der Waals surface area (Å²) in [6, 6.07) is 25.0. The molecule has 0 aliphatic heterocycles. The Kier molecular flexibility index (Phi) is 6.54. The van der Waals surface area contributed by atoms with Gasteiger partial charge < -0.3 is 10.1 Å². The number of hydrogen-bond donors (Lipinski definition) is 1. The Bertz CT molecular complexity index is 1260. The number of esters is 1. The van der Waals surface area contributed by atoms with E-state index in [9.17, 15) is 4.79 Å². The van der Waals surface area contributed by atoms with Crippen LogP contribution >= 0.6 is 0 Å². The number of carbonyl (C=O) groups excluding carboxylic acids is 1. The highest BCUT2D eigenvalue weighted by atomic mass is 16.5. The minimum atomic E-state index is -0.407. The molecule has 0 atom stereocenters. The minimum Gasteiger partial charge on any atom is -0.465 e. The van der Waals surface area contributed by atoms with Crippen LogP contribution in [0, 0.1) is 11.8 Å². The maximum Gasteiger partial charge on any atom is 0.338 e. The van der Waals surface area contributed by atoms with Crippen LogP contribution in [0.25, 0.3) is 11.3 Å². The zero-order chi connectivity index (χ0) is 22.2. The van der Waals surface area contributed by atoms with Gasteiger partial charge in [-0.25, -0.2) is 9.78 Å². The van der Waals surface area contributed by atoms with Gasteiger partial charge in [-0.05, 0) is 42.0 Å². The number of ether oxygens (including phenoxy) is 1. The van der Waals surface area contributed by atoms with Crippen molar-refractivity contribution in [2.24, 2.45) is 0 Å². The summed E-state index contributed by atoms with van der Waals surface area (Å²) < 4.78 is 4.92. The zero-order valence-corrected chi connectivity index (χ0v) is 17.6. The highest BCUT2D eigenvalue weighted by Gasteiger charge is 2.11. The molecule has 4 rings (SSSR count). The summed E-state index contributed by atoms with van der Waals surface area (Å²) in [5.41, 5.74) is 4.85. The number of rotatable bonds is 5. The minimum absolute atomic E-state index is 0.407. The lowest BCUT2D eigenvalue weighted by atomic mass is 10.1. The van der Waals surface area contributed by atoms with Crippen molar-refractivity contribution in [3.8, 4) is 23.1 Å². The van der Waals surface area contributed by atoms with Gasteiger partial charge in [0, 0.05) is 35.6 Å². The number of nitrogens with one attached hydrogen (secondary N) is 1. The predicted molar refractivity (Wildman–Crippen MR) is 125 cm³/mol. The molecule has 0 amide bonds. The molecule has 4 aromatic rings. The lowest BCUT2D eigenvalue weighted by Crippen LogP contribution is -2.07. The van der Waals surface area contributed by atoms with Gasteiger partial charge in [0.2, 0.25) is 0 Å². The second kappa shape index (κ2) is 10.1. The molecule has 156 valence electrons. The first-order valence-corrected chi connectivity index (χ1v) is 10.1. The molecule has 0 spiro atoms. The molecule has 0 aliphatic carbocycles. The number of methoxy groups -OCH3 is 1. The molecule has 0 aliphatic rings. The lowest BCUT2D eigenvalue weighted by molar-refractivity contribution is 0.0600. The van der Waals surface area contributed by atoms with Gasteiger partial charge in [-0.2, -0.15) is 0 Å². The second-order valence-corrected chi connectivity index (χ2v) is 7.03. The smallest absolute Gasteiger partial charge is 0.338 e. The van der Waals surface area contributed by atoms with Crippen LogP contribution in [0.2, 0.25) is 0 Å². The maximum atomic E-state index is 12.2. The summed E-state index contributed by atoms with van der Waals surface area (Å²) in [6.45, 7) is 0.598. The third-order valence-electron chi connectivity index (χ3n) is 4.76. The average molecular weight is 419 g/mol. The van der Waals surface area contributed by atoms with Crippen LogP contribution in [0.5, 0.6) is 0 Å². The standard InChI is InChI=1S/C27H21N3O2/c1-32-27(31)24-16-25(30-26(17-24)29-19-21-6-3-2-4-7-21)23-13-11-20(12-14-23)9-10-22-8-5-15-28-18-22/h2-8,11-18H,19H2,1H3,(H,29,30). The van der Waals surface area contributed by atoms with Crippen LogP contribution in [-0.4, -0.2) is 23.0 Å². The van der Waals surface area contributed by atoms with Gasteiger partial charge >= 0.3 is 5.97 Å². The van der Waals surface area contributed by atoms with Crippen molar-refractivity contribution in [2.75, 3.05) is 12.4 Å². The summed E-state index contributed by atoms with van der Waals surface area (Å²) in [5, 5.41) is 3.29. The lowest BCUT2D eigenvalue weighted by Gasteiger charge is -2.11. The molecule has 1 N–H and O–H groups in total. The molecule has 2 heterocycles. The van der Waals surface area contributed by atoms with E-state index in [1.807, 2.05) is 66.7 Å². The van der Waals surface area contributed by atoms with Gasteiger partial charge in [0.05, 0.1) is 18.4 Å². The fourth-order valence-corrected chi connectivity index (χ4v) is 3.10. The Morgan fingerprint density at radius 3 is 2.44 bits per heavy atom. The number of aromatic nitrogens is 2. The molecule has 2 aromatic carbocycles. The van der Waals surface area contributed by atoms with Gasteiger partial charge in [0.15, 0.2) is 0 Å². The van der Waals surface area contributed by atoms with Crippen molar-refractivity contribution in [3.05, 3.63) is 114 Å². The quantitative estimate of drug-likeness (QED) is 0.367. The molecule has 0 bridgehead atoms. The van der Waals surface area contributed by atoms with Crippen LogP contribution in [0.1, 0.15) is 27.0 Å². The van der Waals surface area contributed by atoms with Crippen molar-refractivity contribution in [1.29, 1.82) is 0 Å². The van der Waals surface area contributed by atoms with Gasteiger partial charge in [0.1, 0.15) is 5.82 Å². The highest BCUT2D eigenvalue weighted by molar-refractivity contribution is 5.91. The summed E-state index contributed by atoms with van der Waals surface area (Å²) in [5.74, 6) is 6.42. The van der Waals surface area contributed by atoms with E-state index in [0.29, 0.717) is 23.6 Å². The SMILES string of the molecule is COC(=O)c1cc(NCc2ccccc2)nc(-c2ccc(C#Cc3cccnc3)cc2)c1. The molecule has 2 aromatic heterocycles. The number of anilines is 1. The van der Waals surface area contributed by atoms with E-state index in [-0.39, 0.29) is 0 Å². The fourth-order valence-electron chi connectivity index (χ4n) is 3.10. The first kappa shape index (κ1) is 20.8. The Labute approximate surface area is 187 Å². The third kappa shape index (κ3) is 5.38. The molecule has 0 fully saturated rings. The molecule has 0 radical (unpaired) electrons. The van der Waals surface area contributed by atoms with Crippen molar-refractivity contribution >= 4 is 11.8 Å². The van der Waals surface area contributed by atoms with Crippen LogP contribution < -0.4 is 5.32 Å². The Morgan fingerprint density at radius 1 is 0.938 bits per heavy atom. The Balaban J connectivity index is 1.58. The summed E-state index contributed by atoms with van der Waals surface area (Å²) in [7, 11) is 1.37. The van der Waals surface area contributed by atoms with Crippen LogP contribution in [0.4, 0.5) is 5.82 Å². The molecule has 0 saturated heterocycles. The largest absolute Gasteiger partial charge is 0.465 e. The summed E-state index contributed by atoms with van der Waals surface area (Å²) in [4.78, 5) is 21.0. The van der Waals surface area contributed by atoms with Crippen molar-refractivity contribution in [2.45, 2.75) is 6.54 Å². The first-order chi connectivity index (χ1) is 15.7.